The lowest BCUT2D eigenvalue weighted by atomic mass is 9.97. The molecule has 0 spiro atoms. The van der Waals surface area contributed by atoms with E-state index >= 15 is 4.39 Å². The monoisotopic (exact) mass is 604 g/mol. The quantitative estimate of drug-likeness (QED) is 0.296. The highest BCUT2D eigenvalue weighted by Gasteiger charge is 2.24. The van der Waals surface area contributed by atoms with Crippen LogP contribution in [0.25, 0.3) is 56.0 Å². The SMILES string of the molecule is CC(=O)Nc1ccc(-c2cc3nc(-c4cncn4C)n(-c4cc(C5=CCN(C)CC5)c5c(c4)n(C)c(=O)n5C)c3cc2F)cc1. The fourth-order valence-corrected chi connectivity index (χ4v) is 6.29. The molecule has 4 heterocycles. The van der Waals surface area contributed by atoms with Crippen LogP contribution in [0.15, 0.2) is 71.9 Å². The van der Waals surface area contributed by atoms with Gasteiger partial charge in [0.1, 0.15) is 11.5 Å². The van der Waals surface area contributed by atoms with Crippen molar-refractivity contribution in [2.45, 2.75) is 13.3 Å². The van der Waals surface area contributed by atoms with Crippen molar-refractivity contribution in [2.24, 2.45) is 21.1 Å². The van der Waals surface area contributed by atoms with Gasteiger partial charge in [-0.1, -0.05) is 18.2 Å². The standard InChI is InChI=1S/C34H33FN8O2/c1-20(44)37-23-8-6-21(7-9-23)25-16-28-29(17-27(25)35)43(33(38-28)31-18-36-19-40(31)3)24-14-26(22-10-12-39(2)13-11-22)32-30(15-24)41(4)34(45)42(32)5/h6-10,14-19H,11-13H2,1-5H3,(H,37,44). The summed E-state index contributed by atoms with van der Waals surface area (Å²) in [6.45, 7) is 3.17. The van der Waals surface area contributed by atoms with Crippen molar-refractivity contribution in [2.75, 3.05) is 25.5 Å². The third-order valence-electron chi connectivity index (χ3n) is 8.67. The van der Waals surface area contributed by atoms with E-state index in [1.165, 1.54) is 18.6 Å². The average molecular weight is 605 g/mol. The molecule has 0 atom stereocenters. The van der Waals surface area contributed by atoms with Gasteiger partial charge in [0.2, 0.25) is 5.91 Å². The summed E-state index contributed by atoms with van der Waals surface area (Å²) in [5.74, 6) is 0.0256. The first-order valence-electron chi connectivity index (χ1n) is 14.7. The number of fused-ring (bicyclic) bond motifs is 2. The van der Waals surface area contributed by atoms with E-state index in [9.17, 15) is 9.59 Å². The number of rotatable bonds is 5. The van der Waals surface area contributed by atoms with Crippen molar-refractivity contribution >= 4 is 39.2 Å². The van der Waals surface area contributed by atoms with Crippen molar-refractivity contribution in [1.82, 2.24) is 33.1 Å². The van der Waals surface area contributed by atoms with Crippen LogP contribution < -0.4 is 11.0 Å². The van der Waals surface area contributed by atoms with Crippen LogP contribution in [-0.4, -0.2) is 59.2 Å². The summed E-state index contributed by atoms with van der Waals surface area (Å²) in [6, 6.07) is 14.4. The molecule has 0 aliphatic carbocycles. The lowest BCUT2D eigenvalue weighted by Gasteiger charge is -2.23. The van der Waals surface area contributed by atoms with Gasteiger partial charge in [0.05, 0.1) is 40.3 Å². The molecule has 0 radical (unpaired) electrons. The first-order valence-corrected chi connectivity index (χ1v) is 14.7. The van der Waals surface area contributed by atoms with Gasteiger partial charge in [-0.3, -0.25) is 18.5 Å². The first kappa shape index (κ1) is 28.5. The maximum atomic E-state index is 16.0. The van der Waals surface area contributed by atoms with Gasteiger partial charge in [-0.05, 0) is 54.9 Å². The second-order valence-corrected chi connectivity index (χ2v) is 11.7. The van der Waals surface area contributed by atoms with Gasteiger partial charge in [0.15, 0.2) is 5.82 Å². The Labute approximate surface area is 258 Å². The largest absolute Gasteiger partial charge is 0.331 e. The third-order valence-corrected chi connectivity index (χ3v) is 8.67. The van der Waals surface area contributed by atoms with Gasteiger partial charge in [-0.2, -0.15) is 0 Å². The van der Waals surface area contributed by atoms with Crippen molar-refractivity contribution in [3.05, 3.63) is 89.0 Å². The predicted molar refractivity (Wildman–Crippen MR) is 175 cm³/mol. The molecule has 228 valence electrons. The minimum atomic E-state index is -0.404. The molecular formula is C34H33FN8O2. The number of hydrogen-bond acceptors (Lipinski definition) is 5. The van der Waals surface area contributed by atoms with Crippen LogP contribution >= 0.6 is 0 Å². The minimum Gasteiger partial charge on any atom is -0.331 e. The van der Waals surface area contributed by atoms with Crippen molar-refractivity contribution in [1.29, 1.82) is 0 Å². The van der Waals surface area contributed by atoms with Crippen LogP contribution in [0.4, 0.5) is 10.1 Å². The maximum absolute atomic E-state index is 16.0. The molecule has 1 aliphatic heterocycles. The van der Waals surface area contributed by atoms with E-state index in [2.05, 4.69) is 34.4 Å². The molecule has 1 amide bonds. The van der Waals surface area contributed by atoms with E-state index < -0.39 is 5.82 Å². The molecule has 6 aromatic rings. The Morgan fingerprint density at radius 1 is 0.956 bits per heavy atom. The minimum absolute atomic E-state index is 0.112. The van der Waals surface area contributed by atoms with E-state index in [4.69, 9.17) is 4.98 Å². The molecule has 45 heavy (non-hydrogen) atoms. The molecule has 1 aliphatic rings. The number of carbonyl (C=O) groups is 1. The number of aryl methyl sites for hydroxylation is 3. The number of hydrogen-bond donors (Lipinski definition) is 1. The lowest BCUT2D eigenvalue weighted by Crippen LogP contribution is -2.24. The molecule has 1 N–H and O–H groups in total. The van der Waals surface area contributed by atoms with Crippen LogP contribution in [0.2, 0.25) is 0 Å². The summed E-state index contributed by atoms with van der Waals surface area (Å²) in [4.78, 5) is 36.3. The summed E-state index contributed by atoms with van der Waals surface area (Å²) in [6.07, 6.45) is 6.51. The highest BCUT2D eigenvalue weighted by molar-refractivity contribution is 5.94. The fourth-order valence-electron chi connectivity index (χ4n) is 6.29. The molecule has 10 nitrogen and oxygen atoms in total. The number of benzene rings is 3. The van der Waals surface area contributed by atoms with E-state index in [-0.39, 0.29) is 11.6 Å². The Hall–Kier alpha value is -5.29. The summed E-state index contributed by atoms with van der Waals surface area (Å²) in [5.41, 5.74) is 8.10. The van der Waals surface area contributed by atoms with Gasteiger partial charge in [0.25, 0.3) is 0 Å². The zero-order valence-electron chi connectivity index (χ0n) is 25.8. The average Bonchev–Trinajstić information content (AvgIpc) is 3.67. The second kappa shape index (κ2) is 10.7. The molecule has 3 aromatic heterocycles. The Balaban J connectivity index is 1.49. The maximum Gasteiger partial charge on any atom is 0.328 e. The van der Waals surface area contributed by atoms with Crippen LogP contribution in [0, 0.1) is 5.82 Å². The van der Waals surface area contributed by atoms with Crippen LogP contribution in [0.5, 0.6) is 0 Å². The number of anilines is 1. The van der Waals surface area contributed by atoms with Gasteiger partial charge >= 0.3 is 5.69 Å². The number of likely N-dealkylation sites (N-methyl/N-ethyl adjacent to an activating group) is 1. The first-order chi connectivity index (χ1) is 21.6. The number of amides is 1. The molecule has 7 rings (SSSR count). The van der Waals surface area contributed by atoms with Crippen molar-refractivity contribution in [3.8, 4) is 28.3 Å². The zero-order valence-corrected chi connectivity index (χ0v) is 25.8. The lowest BCUT2D eigenvalue weighted by molar-refractivity contribution is -0.114. The van der Waals surface area contributed by atoms with Crippen LogP contribution in [0.3, 0.4) is 0 Å². The molecule has 0 fully saturated rings. The second-order valence-electron chi connectivity index (χ2n) is 11.7. The molecule has 3 aromatic carbocycles. The number of aromatic nitrogens is 6. The van der Waals surface area contributed by atoms with Crippen molar-refractivity contribution < 1.29 is 9.18 Å². The number of halogens is 1. The van der Waals surface area contributed by atoms with Crippen LogP contribution in [-0.2, 0) is 25.9 Å². The van der Waals surface area contributed by atoms with E-state index in [0.717, 1.165) is 47.5 Å². The van der Waals surface area contributed by atoms with Gasteiger partial charge in [-0.25, -0.2) is 19.2 Å². The zero-order chi connectivity index (χ0) is 31.6. The fraction of sp³-hybridized carbons (Fsp3) is 0.235. The number of imidazole rings is 3. The highest BCUT2D eigenvalue weighted by Crippen LogP contribution is 2.37. The smallest absolute Gasteiger partial charge is 0.328 e. The summed E-state index contributed by atoms with van der Waals surface area (Å²) >= 11 is 0. The number of carbonyl (C=O) groups excluding carboxylic acids is 1. The van der Waals surface area contributed by atoms with Gasteiger partial charge in [0, 0.05) is 64.0 Å². The third kappa shape index (κ3) is 4.76. The normalized spacial score (nSPS) is 14.0. The summed E-state index contributed by atoms with van der Waals surface area (Å²) < 4.78 is 23.2. The molecule has 0 unspecified atom stereocenters. The molecule has 0 bridgehead atoms. The molecule has 11 heteroatoms. The van der Waals surface area contributed by atoms with Crippen molar-refractivity contribution in [3.63, 3.8) is 0 Å². The number of nitrogens with one attached hydrogen (secondary N) is 1. The van der Waals surface area contributed by atoms with E-state index in [1.54, 1.807) is 66.1 Å². The van der Waals surface area contributed by atoms with Gasteiger partial charge < -0.3 is 14.8 Å². The molecular weight excluding hydrogens is 571 g/mol. The summed E-state index contributed by atoms with van der Waals surface area (Å²) in [5, 5.41) is 2.74. The predicted octanol–water partition coefficient (Wildman–Crippen LogP) is 5.10. The van der Waals surface area contributed by atoms with Gasteiger partial charge in [-0.15, -0.1) is 0 Å². The highest BCUT2D eigenvalue weighted by atomic mass is 19.1. The van der Waals surface area contributed by atoms with E-state index in [0.29, 0.717) is 33.7 Å². The molecule has 0 saturated heterocycles. The topological polar surface area (TPSA) is 94.9 Å². The summed E-state index contributed by atoms with van der Waals surface area (Å²) in [7, 11) is 7.57. The molecule has 0 saturated carbocycles. The van der Waals surface area contributed by atoms with Crippen LogP contribution in [0.1, 0.15) is 18.9 Å². The van der Waals surface area contributed by atoms with E-state index in [1.807, 2.05) is 22.2 Å². The Morgan fingerprint density at radius 2 is 1.73 bits per heavy atom. The Kier molecular flexibility index (Phi) is 6.77. The Morgan fingerprint density at radius 3 is 2.40 bits per heavy atom. The number of nitrogens with zero attached hydrogens (tertiary/aromatic N) is 7. The Bertz CT molecular complexity index is 2230.